The molecule has 4 aliphatic carbocycles. The Hall–Kier alpha value is -7.92. The Bertz CT molecular complexity index is 4550. The highest BCUT2D eigenvalue weighted by Crippen LogP contribution is 2.39. The molecule has 12 aliphatic rings. The van der Waals surface area contributed by atoms with E-state index in [1.165, 1.54) is 296 Å². The van der Waals surface area contributed by atoms with Crippen LogP contribution in [0.4, 0.5) is 0 Å². The first-order valence-corrected chi connectivity index (χ1v) is 50.5. The number of pyridine rings is 4. The number of ether oxygens (including phenoxy) is 2. The number of likely N-dealkylation sites (N-methyl/N-ethyl adjacent to an activating group) is 4. The van der Waals surface area contributed by atoms with E-state index < -0.39 is 0 Å². The zero-order valence-corrected chi connectivity index (χ0v) is 78.3. The minimum absolute atomic E-state index is 0.430. The molecule has 4 aromatic heterocycles. The molecule has 0 saturated carbocycles. The summed E-state index contributed by atoms with van der Waals surface area (Å²) < 4.78 is 12.7. The van der Waals surface area contributed by atoms with Crippen LogP contribution in [0.5, 0.6) is 11.5 Å². The van der Waals surface area contributed by atoms with Crippen LogP contribution >= 0.6 is 0 Å². The highest BCUT2D eigenvalue weighted by Gasteiger charge is 2.35. The van der Waals surface area contributed by atoms with Crippen LogP contribution in [-0.4, -0.2) is 229 Å². The van der Waals surface area contributed by atoms with Crippen molar-refractivity contribution in [2.45, 2.75) is 254 Å². The second-order valence-corrected chi connectivity index (χ2v) is 39.5. The van der Waals surface area contributed by atoms with Crippen molar-refractivity contribution in [2.75, 3.05) is 146 Å². The molecule has 0 bridgehead atoms. The van der Waals surface area contributed by atoms with Gasteiger partial charge in [-0.2, -0.15) is 0 Å². The van der Waals surface area contributed by atoms with E-state index in [9.17, 15) is 0 Å². The Balaban J connectivity index is 0.000000120. The zero-order chi connectivity index (χ0) is 87.0. The molecule has 0 unspecified atom stereocenters. The van der Waals surface area contributed by atoms with E-state index in [1.54, 1.807) is 11.1 Å². The van der Waals surface area contributed by atoms with E-state index in [1.807, 2.05) is 24.8 Å². The van der Waals surface area contributed by atoms with Crippen LogP contribution in [0.15, 0.2) is 158 Å². The third-order valence-electron chi connectivity index (χ3n) is 30.5. The number of nitrogens with zero attached hydrogens (tertiary/aromatic N) is 12. The number of hydrogen-bond acceptors (Lipinski definition) is 18. The summed E-state index contributed by atoms with van der Waals surface area (Å²) in [7, 11) is 9.12. The molecule has 4 fully saturated rings. The Morgan fingerprint density at radius 1 is 0.312 bits per heavy atom. The largest absolute Gasteiger partial charge is 0.492 e. The molecule has 0 radical (unpaired) electrons. The topological polar surface area (TPSA) is 144 Å². The van der Waals surface area contributed by atoms with Crippen molar-refractivity contribution in [1.29, 1.82) is 0 Å². The first-order valence-electron chi connectivity index (χ1n) is 50.5. The Morgan fingerprint density at radius 2 is 0.586 bits per heavy atom. The number of nitrogens with one attached hydrogen (secondary N) is 4. The van der Waals surface area contributed by atoms with E-state index in [0.717, 1.165) is 129 Å². The minimum Gasteiger partial charge on any atom is -0.492 e. The molecule has 18 nitrogen and oxygen atoms in total. The van der Waals surface area contributed by atoms with Gasteiger partial charge in [0, 0.05) is 139 Å². The van der Waals surface area contributed by atoms with Gasteiger partial charge in [0.15, 0.2) is 0 Å². The van der Waals surface area contributed by atoms with Gasteiger partial charge in [0.2, 0.25) is 0 Å². The predicted molar refractivity (Wildman–Crippen MR) is 524 cm³/mol. The molecule has 4 N–H and O–H groups in total. The summed E-state index contributed by atoms with van der Waals surface area (Å²) in [5.74, 6) is 2.19. The maximum Gasteiger partial charge on any atom is 0.122 e. The molecule has 12 heterocycles. The van der Waals surface area contributed by atoms with Crippen LogP contribution < -0.4 is 30.7 Å². The molecule has 684 valence electrons. The molecular formula is C110H152N16O2. The van der Waals surface area contributed by atoms with Crippen LogP contribution in [-0.2, 0) is 77.5 Å². The lowest BCUT2D eigenvalue weighted by Gasteiger charge is -2.36. The number of aryl methyl sites for hydroxylation is 4. The van der Waals surface area contributed by atoms with Crippen LogP contribution in [0.3, 0.4) is 0 Å². The second-order valence-electron chi connectivity index (χ2n) is 39.5. The lowest BCUT2D eigenvalue weighted by molar-refractivity contribution is 0.179. The maximum atomic E-state index is 6.33. The minimum atomic E-state index is 0.430. The van der Waals surface area contributed by atoms with Gasteiger partial charge in [-0.3, -0.25) is 59.1 Å². The fourth-order valence-corrected chi connectivity index (χ4v) is 23.4. The van der Waals surface area contributed by atoms with E-state index >= 15 is 0 Å². The summed E-state index contributed by atoms with van der Waals surface area (Å²) in [6, 6.07) is 47.7. The Kier molecular flexibility index (Phi) is 33.7. The normalized spacial score (nSPS) is 23.8. The van der Waals surface area contributed by atoms with E-state index in [2.05, 4.69) is 234 Å². The maximum absolute atomic E-state index is 6.33. The van der Waals surface area contributed by atoms with Crippen LogP contribution in [0.1, 0.15) is 253 Å². The van der Waals surface area contributed by atoms with Crippen molar-refractivity contribution in [1.82, 2.24) is 80.4 Å². The fourth-order valence-electron chi connectivity index (χ4n) is 23.4. The van der Waals surface area contributed by atoms with Gasteiger partial charge >= 0.3 is 0 Å². The van der Waals surface area contributed by atoms with Gasteiger partial charge in [-0.05, 0) is 338 Å². The lowest BCUT2D eigenvalue weighted by Crippen LogP contribution is -2.45. The quantitative estimate of drug-likeness (QED) is 0.0408. The summed E-state index contributed by atoms with van der Waals surface area (Å²) >= 11 is 0. The SMILES string of the molecule is CN(C[C@@H]1Cc2c(/C=C/CN3CCCCC3)cccc2CN1)[C@H]1CCCc2cccnc21.CN(C[C@@H]1Cc2c(cccc2OCCN2CCCCC2)CN1)[C@H]1CCCc2cccnc21.CN(C[C@H]1Cc2c(/C=C/CN3CCCCC3)cccc2CN1)[C@H]1CCCc2cccnc21.CN(C[C@H]1Cc2c(cccc2OCCN2CCCCC2)CN1)[C@H]1CCCc2cccnc21. The predicted octanol–water partition coefficient (Wildman–Crippen LogP) is 17.1. The number of benzene rings is 4. The number of likely N-dealkylation sites (tertiary alicyclic amines) is 4. The van der Waals surface area contributed by atoms with Crippen LogP contribution in [0.25, 0.3) is 12.2 Å². The van der Waals surface area contributed by atoms with Crippen LogP contribution in [0, 0.1) is 0 Å². The molecule has 8 atom stereocenters. The monoisotopic (exact) mass is 1730 g/mol. The van der Waals surface area contributed by atoms with Gasteiger partial charge in [-0.15, -0.1) is 0 Å². The van der Waals surface area contributed by atoms with Crippen molar-refractivity contribution >= 4 is 12.2 Å². The molecule has 20 rings (SSSR count). The Labute approximate surface area is 768 Å². The van der Waals surface area contributed by atoms with Crippen molar-refractivity contribution in [3.05, 3.63) is 259 Å². The van der Waals surface area contributed by atoms with Crippen molar-refractivity contribution in [3.8, 4) is 11.5 Å². The molecule has 0 spiro atoms. The molecule has 18 heteroatoms. The number of aromatic nitrogens is 4. The van der Waals surface area contributed by atoms with Gasteiger partial charge < -0.3 is 30.7 Å². The number of hydrogen-bond donors (Lipinski definition) is 4. The average Bonchev–Trinajstić information content (AvgIpc) is 0.811. The van der Waals surface area contributed by atoms with Gasteiger partial charge in [-0.25, -0.2) is 0 Å². The highest BCUT2D eigenvalue weighted by molar-refractivity contribution is 5.58. The summed E-state index contributed by atoms with van der Waals surface area (Å²) in [5, 5.41) is 15.2. The van der Waals surface area contributed by atoms with Gasteiger partial charge in [0.25, 0.3) is 0 Å². The fraction of sp³-hybridized carbons (Fsp3) is 0.564. The molecule has 128 heavy (non-hydrogen) atoms. The first-order chi connectivity index (χ1) is 63.1. The lowest BCUT2D eigenvalue weighted by atomic mass is 9.89. The average molecular weight is 1730 g/mol. The standard InChI is InChI=1S/2C28H38N4.2C27H38N4O/c2*1-31(27-14-6-10-23-12-7-15-29-28(23)27)21-25-19-26-22(9-5-11-24(26)20-30-25)13-8-18-32-16-3-2-4-17-32;2*1-30(25-11-5-8-21-10-7-13-28-27(21)25)20-23-18-24-22(19-29-23)9-6-12-26(24)32-17-16-31-14-3-2-4-15-31/h2*5,7-9,11-13,15,25,27,30H,2-4,6,10,14,16-21H2,1H3;2*6-7,9-10,12-13,23,25,29H,2-5,8,11,14-20H2,1H3/b2*13-8+;;/t25-,27+;25-,27-;23-,25+;23-,25-/m1010/s1. The summed E-state index contributed by atoms with van der Waals surface area (Å²) in [6.45, 7) is 23.8. The Morgan fingerprint density at radius 3 is 0.898 bits per heavy atom. The third-order valence-corrected chi connectivity index (χ3v) is 30.5. The molecule has 8 aliphatic heterocycles. The first kappa shape index (κ1) is 92.0. The highest BCUT2D eigenvalue weighted by atomic mass is 16.5. The van der Waals surface area contributed by atoms with E-state index in [-0.39, 0.29) is 0 Å². The number of piperidine rings is 4. The van der Waals surface area contributed by atoms with E-state index in [4.69, 9.17) is 29.4 Å². The summed E-state index contributed by atoms with van der Waals surface area (Å²) in [5.41, 5.74) is 25.4. The third kappa shape index (κ3) is 24.7. The number of rotatable bonds is 26. The summed E-state index contributed by atoms with van der Waals surface area (Å²) in [6.07, 6.45) is 52.5. The molecule has 0 amide bonds. The molecule has 8 aromatic rings. The second kappa shape index (κ2) is 46.9. The van der Waals surface area contributed by atoms with Gasteiger partial charge in [-0.1, -0.05) is 135 Å². The van der Waals surface area contributed by atoms with Crippen molar-refractivity contribution in [3.63, 3.8) is 0 Å². The van der Waals surface area contributed by atoms with Crippen molar-refractivity contribution < 1.29 is 9.47 Å². The smallest absolute Gasteiger partial charge is 0.122 e. The van der Waals surface area contributed by atoms with E-state index in [0.29, 0.717) is 48.3 Å². The summed E-state index contributed by atoms with van der Waals surface area (Å²) in [4.78, 5) is 39.4. The van der Waals surface area contributed by atoms with Gasteiger partial charge in [0.1, 0.15) is 24.7 Å². The number of fused-ring (bicyclic) bond motifs is 8. The molecular weight excluding hydrogens is 1580 g/mol. The van der Waals surface area contributed by atoms with Crippen LogP contribution in [0.2, 0.25) is 0 Å². The van der Waals surface area contributed by atoms with Crippen molar-refractivity contribution in [2.24, 2.45) is 0 Å². The molecule has 4 saturated heterocycles. The molecule has 4 aromatic carbocycles. The van der Waals surface area contributed by atoms with Gasteiger partial charge in [0.05, 0.1) is 46.9 Å². The zero-order valence-electron chi connectivity index (χ0n) is 78.3.